The molecule has 0 radical (unpaired) electrons. The van der Waals surface area contributed by atoms with E-state index in [2.05, 4.69) is 29.2 Å². The molecule has 0 N–H and O–H groups in total. The third-order valence-corrected chi connectivity index (χ3v) is 5.11. The molecule has 3 rings (SSSR count). The molecule has 0 amide bonds. The molecule has 1 fully saturated rings. The maximum atomic E-state index is 6.17. The van der Waals surface area contributed by atoms with Crippen molar-refractivity contribution in [3.8, 4) is 0 Å². The van der Waals surface area contributed by atoms with Crippen molar-refractivity contribution in [2.75, 3.05) is 19.0 Å². The van der Waals surface area contributed by atoms with Crippen LogP contribution in [0.15, 0.2) is 24.3 Å². The Labute approximate surface area is 115 Å². The standard InChI is InChI=1S/C16H22ClN/c17-10-16(13-6-3-7-13)12-18-9-8-14-4-1-2-5-15(14)11-18/h1-2,4-5,13,16H,3,6-12H2. The van der Waals surface area contributed by atoms with Gasteiger partial charge in [-0.1, -0.05) is 43.5 Å². The first-order valence-corrected chi connectivity index (χ1v) is 7.75. The van der Waals surface area contributed by atoms with E-state index in [-0.39, 0.29) is 0 Å². The smallest absolute Gasteiger partial charge is 0.0266 e. The summed E-state index contributed by atoms with van der Waals surface area (Å²) in [6, 6.07) is 8.87. The van der Waals surface area contributed by atoms with Gasteiger partial charge in [0.05, 0.1) is 0 Å². The van der Waals surface area contributed by atoms with Gasteiger partial charge in [0.2, 0.25) is 0 Å². The van der Waals surface area contributed by atoms with Crippen LogP contribution in [-0.4, -0.2) is 23.9 Å². The Balaban J connectivity index is 1.61. The summed E-state index contributed by atoms with van der Waals surface area (Å²) in [5.41, 5.74) is 3.06. The fraction of sp³-hybridized carbons (Fsp3) is 0.625. The van der Waals surface area contributed by atoms with Gasteiger partial charge >= 0.3 is 0 Å². The minimum Gasteiger partial charge on any atom is -0.298 e. The number of hydrogen-bond donors (Lipinski definition) is 0. The van der Waals surface area contributed by atoms with Crippen molar-refractivity contribution in [2.45, 2.75) is 32.2 Å². The molecule has 18 heavy (non-hydrogen) atoms. The van der Waals surface area contributed by atoms with Gasteiger partial charge in [-0.15, -0.1) is 11.6 Å². The van der Waals surface area contributed by atoms with E-state index in [0.717, 1.165) is 18.3 Å². The normalized spacial score (nSPS) is 22.3. The SMILES string of the molecule is ClCC(CN1CCc2ccccc2C1)C1CCC1. The average Bonchev–Trinajstić information content (AvgIpc) is 2.35. The van der Waals surface area contributed by atoms with Crippen LogP contribution in [0.3, 0.4) is 0 Å². The summed E-state index contributed by atoms with van der Waals surface area (Å²) in [5.74, 6) is 2.45. The van der Waals surface area contributed by atoms with Gasteiger partial charge in [-0.2, -0.15) is 0 Å². The Morgan fingerprint density at radius 1 is 1.22 bits per heavy atom. The lowest BCUT2D eigenvalue weighted by atomic mass is 9.76. The molecule has 2 heteroatoms. The van der Waals surface area contributed by atoms with E-state index in [9.17, 15) is 0 Å². The van der Waals surface area contributed by atoms with Gasteiger partial charge in [-0.05, 0) is 29.4 Å². The second-order valence-electron chi connectivity index (χ2n) is 5.86. The van der Waals surface area contributed by atoms with Crippen molar-refractivity contribution in [2.24, 2.45) is 11.8 Å². The van der Waals surface area contributed by atoms with Crippen LogP contribution in [0.4, 0.5) is 0 Å². The van der Waals surface area contributed by atoms with Crippen molar-refractivity contribution in [3.05, 3.63) is 35.4 Å². The molecule has 1 heterocycles. The number of halogens is 1. The molecule has 2 aliphatic rings. The molecular weight excluding hydrogens is 242 g/mol. The van der Waals surface area contributed by atoms with Crippen molar-refractivity contribution < 1.29 is 0 Å². The van der Waals surface area contributed by atoms with Crippen molar-refractivity contribution in [1.82, 2.24) is 4.90 Å². The highest BCUT2D eigenvalue weighted by atomic mass is 35.5. The minimum absolute atomic E-state index is 0.714. The van der Waals surface area contributed by atoms with Gasteiger partial charge in [-0.25, -0.2) is 0 Å². The second kappa shape index (κ2) is 5.63. The van der Waals surface area contributed by atoms with E-state index in [1.807, 2.05) is 0 Å². The maximum Gasteiger partial charge on any atom is 0.0266 e. The lowest BCUT2D eigenvalue weighted by molar-refractivity contribution is 0.144. The third kappa shape index (κ3) is 2.57. The Morgan fingerprint density at radius 2 is 2.00 bits per heavy atom. The van der Waals surface area contributed by atoms with Gasteiger partial charge in [0.15, 0.2) is 0 Å². The first-order chi connectivity index (χ1) is 8.86. The zero-order valence-electron chi connectivity index (χ0n) is 10.9. The number of alkyl halides is 1. The van der Waals surface area contributed by atoms with Crippen LogP contribution in [0.2, 0.25) is 0 Å². The topological polar surface area (TPSA) is 3.24 Å². The molecule has 0 spiro atoms. The van der Waals surface area contributed by atoms with E-state index in [4.69, 9.17) is 11.6 Å². The first-order valence-electron chi connectivity index (χ1n) is 7.22. The minimum atomic E-state index is 0.714. The molecule has 1 aromatic rings. The maximum absolute atomic E-state index is 6.17. The molecule has 1 saturated carbocycles. The summed E-state index contributed by atoms with van der Waals surface area (Å²) >= 11 is 6.17. The highest BCUT2D eigenvalue weighted by Crippen LogP contribution is 2.35. The Hall–Kier alpha value is -0.530. The van der Waals surface area contributed by atoms with Crippen molar-refractivity contribution >= 4 is 11.6 Å². The number of rotatable bonds is 4. The van der Waals surface area contributed by atoms with Crippen LogP contribution in [-0.2, 0) is 13.0 Å². The van der Waals surface area contributed by atoms with Gasteiger partial charge in [0.1, 0.15) is 0 Å². The number of nitrogens with zero attached hydrogens (tertiary/aromatic N) is 1. The van der Waals surface area contributed by atoms with E-state index in [1.54, 1.807) is 5.56 Å². The molecule has 0 aromatic heterocycles. The fourth-order valence-corrected chi connectivity index (χ4v) is 3.63. The summed E-state index contributed by atoms with van der Waals surface area (Å²) in [6.07, 6.45) is 5.43. The summed E-state index contributed by atoms with van der Waals surface area (Å²) in [4.78, 5) is 2.60. The van der Waals surface area contributed by atoms with Crippen LogP contribution in [0, 0.1) is 11.8 Å². The van der Waals surface area contributed by atoms with Crippen molar-refractivity contribution in [1.29, 1.82) is 0 Å². The zero-order valence-corrected chi connectivity index (χ0v) is 11.7. The van der Waals surface area contributed by atoms with Gasteiger partial charge < -0.3 is 0 Å². The molecule has 98 valence electrons. The predicted molar refractivity (Wildman–Crippen MR) is 77.0 cm³/mol. The zero-order chi connectivity index (χ0) is 12.4. The Morgan fingerprint density at radius 3 is 2.67 bits per heavy atom. The summed E-state index contributed by atoms with van der Waals surface area (Å²) < 4.78 is 0. The molecule has 1 aromatic carbocycles. The Bertz CT molecular complexity index is 400. The van der Waals surface area contributed by atoms with Crippen LogP contribution in [0.5, 0.6) is 0 Å². The number of hydrogen-bond acceptors (Lipinski definition) is 1. The molecule has 1 atom stereocenters. The van der Waals surface area contributed by atoms with E-state index < -0.39 is 0 Å². The molecule has 0 bridgehead atoms. The van der Waals surface area contributed by atoms with E-state index in [0.29, 0.717) is 5.92 Å². The van der Waals surface area contributed by atoms with Gasteiger partial charge in [0, 0.05) is 25.5 Å². The van der Waals surface area contributed by atoms with E-state index in [1.165, 1.54) is 44.3 Å². The molecule has 1 aliphatic heterocycles. The number of benzene rings is 1. The lowest BCUT2D eigenvalue weighted by Gasteiger charge is -2.37. The van der Waals surface area contributed by atoms with Crippen molar-refractivity contribution in [3.63, 3.8) is 0 Å². The summed E-state index contributed by atoms with van der Waals surface area (Å²) in [5, 5.41) is 0. The fourth-order valence-electron chi connectivity index (χ4n) is 3.28. The largest absolute Gasteiger partial charge is 0.298 e. The van der Waals surface area contributed by atoms with Crippen LogP contribution < -0.4 is 0 Å². The monoisotopic (exact) mass is 263 g/mol. The molecule has 0 saturated heterocycles. The quantitative estimate of drug-likeness (QED) is 0.749. The summed E-state index contributed by atoms with van der Waals surface area (Å²) in [7, 11) is 0. The van der Waals surface area contributed by atoms with Gasteiger partial charge in [-0.3, -0.25) is 4.90 Å². The molecule has 1 aliphatic carbocycles. The average molecular weight is 264 g/mol. The first kappa shape index (κ1) is 12.5. The van der Waals surface area contributed by atoms with Crippen LogP contribution >= 0.6 is 11.6 Å². The summed E-state index contributed by atoms with van der Waals surface area (Å²) in [6.45, 7) is 3.52. The third-order valence-electron chi connectivity index (χ3n) is 4.72. The van der Waals surface area contributed by atoms with Gasteiger partial charge in [0.25, 0.3) is 0 Å². The van der Waals surface area contributed by atoms with E-state index >= 15 is 0 Å². The highest BCUT2D eigenvalue weighted by Gasteiger charge is 2.29. The Kier molecular flexibility index (Phi) is 3.91. The number of fused-ring (bicyclic) bond motifs is 1. The molecule has 1 nitrogen and oxygen atoms in total. The second-order valence-corrected chi connectivity index (χ2v) is 6.17. The predicted octanol–water partition coefficient (Wildman–Crippen LogP) is 3.70. The van der Waals surface area contributed by atoms with Crippen LogP contribution in [0.25, 0.3) is 0 Å². The van der Waals surface area contributed by atoms with Crippen LogP contribution in [0.1, 0.15) is 30.4 Å². The lowest BCUT2D eigenvalue weighted by Crippen LogP contribution is -2.39. The molecular formula is C16H22ClN. The highest BCUT2D eigenvalue weighted by molar-refractivity contribution is 6.18. The molecule has 1 unspecified atom stereocenters.